The molecular formula is C15H10BrClFN3O2. The average molecular weight is 399 g/mol. The zero-order valence-electron chi connectivity index (χ0n) is 11.9. The van der Waals surface area contributed by atoms with Crippen molar-refractivity contribution in [2.45, 2.75) is 6.54 Å². The second kappa shape index (κ2) is 6.25. The molecule has 0 fully saturated rings. The second-order valence-electron chi connectivity index (χ2n) is 4.76. The second-order valence-corrected chi connectivity index (χ2v) is 6.04. The van der Waals surface area contributed by atoms with Crippen LogP contribution in [0, 0.1) is 5.82 Å². The summed E-state index contributed by atoms with van der Waals surface area (Å²) in [4.78, 5) is 20.2. The van der Waals surface area contributed by atoms with Gasteiger partial charge in [0, 0.05) is 10.7 Å². The van der Waals surface area contributed by atoms with Gasteiger partial charge in [-0.25, -0.2) is 9.18 Å². The fourth-order valence-corrected chi connectivity index (χ4v) is 2.77. The molecule has 0 amide bonds. The molecule has 1 aromatic carbocycles. The molecule has 8 heteroatoms. The van der Waals surface area contributed by atoms with Crippen LogP contribution in [0.4, 0.5) is 4.39 Å². The number of pyridine rings is 1. The fourth-order valence-electron chi connectivity index (χ4n) is 2.23. The van der Waals surface area contributed by atoms with E-state index in [0.717, 1.165) is 0 Å². The number of methoxy groups -OCH3 is 1. The van der Waals surface area contributed by atoms with E-state index in [4.69, 9.17) is 16.3 Å². The maximum absolute atomic E-state index is 13.5. The molecule has 0 aliphatic rings. The summed E-state index contributed by atoms with van der Waals surface area (Å²) in [6.07, 6.45) is 1.58. The fraction of sp³-hybridized carbons (Fsp3) is 0.133. The highest BCUT2D eigenvalue weighted by Gasteiger charge is 2.12. The van der Waals surface area contributed by atoms with Gasteiger partial charge in [-0.05, 0) is 39.7 Å². The summed E-state index contributed by atoms with van der Waals surface area (Å²) < 4.78 is 20.6. The van der Waals surface area contributed by atoms with Crippen molar-refractivity contribution in [3.8, 4) is 5.75 Å². The normalized spacial score (nSPS) is 11.0. The Hall–Kier alpha value is -1.99. The van der Waals surface area contributed by atoms with Crippen molar-refractivity contribution in [1.29, 1.82) is 0 Å². The van der Waals surface area contributed by atoms with Gasteiger partial charge in [0.1, 0.15) is 5.52 Å². The molecule has 0 saturated heterocycles. The smallest absolute Gasteiger partial charge is 0.349 e. The number of rotatable bonds is 3. The molecule has 118 valence electrons. The predicted octanol–water partition coefficient (Wildman–Crippen LogP) is 3.40. The number of ether oxygens (including phenoxy) is 1. The first-order valence-electron chi connectivity index (χ1n) is 6.53. The van der Waals surface area contributed by atoms with Gasteiger partial charge >= 0.3 is 5.69 Å². The standard InChI is InChI=1S/C15H10BrClFN3O2/c1-23-12-4-8(2-3-10(12)18)7-21-11-5-9(16)6-19-13(11)14(17)20-15(21)22/h2-6H,7H2,1H3. The highest BCUT2D eigenvalue weighted by Crippen LogP contribution is 2.23. The van der Waals surface area contributed by atoms with Crippen LogP contribution in [0.1, 0.15) is 5.56 Å². The van der Waals surface area contributed by atoms with E-state index in [0.29, 0.717) is 21.1 Å². The van der Waals surface area contributed by atoms with Crippen LogP contribution in [-0.4, -0.2) is 21.6 Å². The van der Waals surface area contributed by atoms with Gasteiger partial charge in [-0.3, -0.25) is 9.55 Å². The Morgan fingerprint density at radius 1 is 1.39 bits per heavy atom. The van der Waals surface area contributed by atoms with Crippen LogP contribution in [0.2, 0.25) is 5.15 Å². The first kappa shape index (κ1) is 15.9. The molecule has 0 aliphatic carbocycles. The zero-order valence-corrected chi connectivity index (χ0v) is 14.2. The number of fused-ring (bicyclic) bond motifs is 1. The van der Waals surface area contributed by atoms with E-state index < -0.39 is 11.5 Å². The third-order valence-electron chi connectivity index (χ3n) is 3.30. The van der Waals surface area contributed by atoms with E-state index in [9.17, 15) is 9.18 Å². The van der Waals surface area contributed by atoms with Crippen molar-refractivity contribution in [1.82, 2.24) is 14.5 Å². The van der Waals surface area contributed by atoms with Crippen molar-refractivity contribution in [3.63, 3.8) is 0 Å². The Labute approximate surface area is 143 Å². The van der Waals surface area contributed by atoms with Gasteiger partial charge in [-0.15, -0.1) is 0 Å². The summed E-state index contributed by atoms with van der Waals surface area (Å²) in [7, 11) is 1.38. The van der Waals surface area contributed by atoms with Gasteiger partial charge in [0.2, 0.25) is 0 Å². The molecule has 5 nitrogen and oxygen atoms in total. The molecule has 0 spiro atoms. The molecule has 2 aromatic heterocycles. The van der Waals surface area contributed by atoms with E-state index in [-0.39, 0.29) is 17.4 Å². The molecule has 0 saturated carbocycles. The van der Waals surface area contributed by atoms with Crippen molar-refractivity contribution < 1.29 is 9.13 Å². The highest BCUT2D eigenvalue weighted by molar-refractivity contribution is 9.10. The van der Waals surface area contributed by atoms with E-state index >= 15 is 0 Å². The number of benzene rings is 1. The van der Waals surface area contributed by atoms with Gasteiger partial charge < -0.3 is 4.74 Å². The molecule has 3 aromatic rings. The Kier molecular flexibility index (Phi) is 4.32. The molecule has 0 radical (unpaired) electrons. The Balaban J connectivity index is 2.16. The Bertz CT molecular complexity index is 961. The Morgan fingerprint density at radius 2 is 2.17 bits per heavy atom. The van der Waals surface area contributed by atoms with Crippen molar-refractivity contribution in [2.24, 2.45) is 0 Å². The summed E-state index contributed by atoms with van der Waals surface area (Å²) >= 11 is 9.31. The number of aromatic nitrogens is 3. The largest absolute Gasteiger partial charge is 0.494 e. The van der Waals surface area contributed by atoms with Crippen LogP contribution in [0.25, 0.3) is 11.0 Å². The minimum atomic E-state index is -0.509. The quantitative estimate of drug-likeness (QED) is 0.635. The molecular weight excluding hydrogens is 389 g/mol. The van der Waals surface area contributed by atoms with Crippen molar-refractivity contribution in [3.05, 3.63) is 62.0 Å². The zero-order chi connectivity index (χ0) is 16.6. The summed E-state index contributed by atoms with van der Waals surface area (Å²) in [5, 5.41) is 0.0467. The molecule has 2 heterocycles. The van der Waals surface area contributed by atoms with Crippen LogP contribution in [0.15, 0.2) is 39.7 Å². The van der Waals surface area contributed by atoms with E-state index in [1.165, 1.54) is 23.8 Å². The highest BCUT2D eigenvalue weighted by atomic mass is 79.9. The number of hydrogen-bond acceptors (Lipinski definition) is 4. The maximum atomic E-state index is 13.5. The Morgan fingerprint density at radius 3 is 2.91 bits per heavy atom. The summed E-state index contributed by atoms with van der Waals surface area (Å²) in [6.45, 7) is 0.189. The van der Waals surface area contributed by atoms with Gasteiger partial charge in [-0.1, -0.05) is 17.7 Å². The van der Waals surface area contributed by atoms with Gasteiger partial charge in [0.05, 0.1) is 19.2 Å². The SMILES string of the molecule is COc1cc(Cn2c(=O)nc(Cl)c3ncc(Br)cc32)ccc1F. The predicted molar refractivity (Wildman–Crippen MR) is 88.6 cm³/mol. The average Bonchev–Trinajstić information content (AvgIpc) is 2.52. The van der Waals surface area contributed by atoms with Gasteiger partial charge in [0.25, 0.3) is 0 Å². The number of nitrogens with zero attached hydrogens (tertiary/aromatic N) is 3. The summed E-state index contributed by atoms with van der Waals surface area (Å²) in [5.74, 6) is -0.354. The van der Waals surface area contributed by atoms with E-state index in [1.54, 1.807) is 18.3 Å². The molecule has 0 aliphatic heterocycles. The van der Waals surface area contributed by atoms with Gasteiger partial charge in [0.15, 0.2) is 16.7 Å². The minimum Gasteiger partial charge on any atom is -0.494 e. The molecule has 0 N–H and O–H groups in total. The lowest BCUT2D eigenvalue weighted by atomic mass is 10.2. The molecule has 0 atom stereocenters. The molecule has 0 unspecified atom stereocenters. The minimum absolute atomic E-state index is 0.0467. The lowest BCUT2D eigenvalue weighted by Crippen LogP contribution is -2.24. The third-order valence-corrected chi connectivity index (χ3v) is 4.00. The molecule has 23 heavy (non-hydrogen) atoms. The summed E-state index contributed by atoms with van der Waals surface area (Å²) in [5.41, 5.74) is 1.14. The number of halogens is 3. The molecule has 0 bridgehead atoms. The summed E-state index contributed by atoms with van der Waals surface area (Å²) in [6, 6.07) is 6.14. The topological polar surface area (TPSA) is 57.0 Å². The van der Waals surface area contributed by atoms with Crippen LogP contribution >= 0.6 is 27.5 Å². The lowest BCUT2D eigenvalue weighted by molar-refractivity contribution is 0.386. The first-order chi connectivity index (χ1) is 11.0. The van der Waals surface area contributed by atoms with Crippen LogP contribution < -0.4 is 10.4 Å². The van der Waals surface area contributed by atoms with E-state index in [1.807, 2.05) is 0 Å². The van der Waals surface area contributed by atoms with E-state index in [2.05, 4.69) is 25.9 Å². The van der Waals surface area contributed by atoms with Gasteiger partial charge in [-0.2, -0.15) is 4.98 Å². The molecule has 3 rings (SSSR count). The van der Waals surface area contributed by atoms with Crippen LogP contribution in [0.3, 0.4) is 0 Å². The monoisotopic (exact) mass is 397 g/mol. The maximum Gasteiger partial charge on any atom is 0.349 e. The lowest BCUT2D eigenvalue weighted by Gasteiger charge is -2.11. The van der Waals surface area contributed by atoms with Crippen LogP contribution in [-0.2, 0) is 6.54 Å². The third kappa shape index (κ3) is 3.07. The first-order valence-corrected chi connectivity index (χ1v) is 7.70. The number of hydrogen-bond donors (Lipinski definition) is 0. The van der Waals surface area contributed by atoms with Crippen molar-refractivity contribution >= 4 is 38.6 Å². The van der Waals surface area contributed by atoms with Crippen LogP contribution in [0.5, 0.6) is 5.75 Å². The van der Waals surface area contributed by atoms with Crippen molar-refractivity contribution in [2.75, 3.05) is 7.11 Å².